The van der Waals surface area contributed by atoms with Gasteiger partial charge in [0.05, 0.1) is 12.2 Å². The molecular weight excluding hydrogens is 334 g/mol. The van der Waals surface area contributed by atoms with Gasteiger partial charge in [0.2, 0.25) is 11.8 Å². The predicted molar refractivity (Wildman–Crippen MR) is 96.2 cm³/mol. The van der Waals surface area contributed by atoms with E-state index in [1.807, 2.05) is 0 Å². The number of nitrogens with zero attached hydrogens (tertiary/aromatic N) is 1. The first-order valence-electron chi connectivity index (χ1n) is 8.86. The number of piperidine rings is 1. The minimum Gasteiger partial charge on any atom is -0.494 e. The summed E-state index contributed by atoms with van der Waals surface area (Å²) in [6.45, 7) is 5.20. The van der Waals surface area contributed by atoms with Crippen molar-refractivity contribution < 1.29 is 19.1 Å². The van der Waals surface area contributed by atoms with Crippen LogP contribution < -0.4 is 15.8 Å². The summed E-state index contributed by atoms with van der Waals surface area (Å²) in [5.41, 5.74) is 7.11. The maximum absolute atomic E-state index is 12.8. The molecule has 0 radical (unpaired) electrons. The molecule has 0 bridgehead atoms. The van der Waals surface area contributed by atoms with Gasteiger partial charge >= 0.3 is 0 Å². The Hall–Kier alpha value is -2.67. The number of carbonyl (C=O) groups excluding carboxylic acids is 3. The Morgan fingerprint density at radius 1 is 1.19 bits per heavy atom. The number of nitrogens with two attached hydrogens (primary N) is 1. The first-order chi connectivity index (χ1) is 12.5. The second-order valence-electron chi connectivity index (χ2n) is 6.49. The summed E-state index contributed by atoms with van der Waals surface area (Å²) in [5, 5.41) is 2.28. The number of nitrogens with one attached hydrogen (secondary N) is 1. The fraction of sp³-hybridized carbons (Fsp3) is 0.421. The quantitative estimate of drug-likeness (QED) is 0.568. The zero-order chi connectivity index (χ0) is 18.7. The highest BCUT2D eigenvalue weighted by molar-refractivity contribution is 6.12. The SMILES string of the molecule is C=C1c2ccc(OCCCCCN)cc2C(=O)N1C1CCC(=O)NC1=O. The lowest BCUT2D eigenvalue weighted by atomic mass is 10.0. The first-order valence-corrected chi connectivity index (χ1v) is 8.86. The smallest absolute Gasteiger partial charge is 0.259 e. The zero-order valence-corrected chi connectivity index (χ0v) is 14.6. The molecule has 3 rings (SSSR count). The van der Waals surface area contributed by atoms with Gasteiger partial charge in [0, 0.05) is 17.7 Å². The van der Waals surface area contributed by atoms with Crippen LogP contribution in [0.2, 0.25) is 0 Å². The van der Waals surface area contributed by atoms with Crippen LogP contribution >= 0.6 is 0 Å². The van der Waals surface area contributed by atoms with E-state index in [4.69, 9.17) is 10.5 Å². The Bertz CT molecular complexity index is 759. The molecule has 1 aromatic carbocycles. The lowest BCUT2D eigenvalue weighted by Gasteiger charge is -2.30. The molecule has 3 amide bonds. The van der Waals surface area contributed by atoms with Gasteiger partial charge in [-0.25, -0.2) is 0 Å². The first kappa shape index (κ1) is 18.1. The van der Waals surface area contributed by atoms with Gasteiger partial charge < -0.3 is 10.5 Å². The number of imide groups is 1. The molecule has 0 aliphatic carbocycles. The van der Waals surface area contributed by atoms with Gasteiger partial charge in [0.15, 0.2) is 0 Å². The number of benzene rings is 1. The minimum absolute atomic E-state index is 0.209. The van der Waals surface area contributed by atoms with Crippen LogP contribution in [0.15, 0.2) is 24.8 Å². The zero-order valence-electron chi connectivity index (χ0n) is 14.6. The Kier molecular flexibility index (Phi) is 5.37. The van der Waals surface area contributed by atoms with Crippen LogP contribution in [0.3, 0.4) is 0 Å². The summed E-state index contributed by atoms with van der Waals surface area (Å²) in [4.78, 5) is 37.7. The van der Waals surface area contributed by atoms with Crippen LogP contribution in [0, 0.1) is 0 Å². The molecule has 1 saturated heterocycles. The van der Waals surface area contributed by atoms with Gasteiger partial charge in [-0.3, -0.25) is 24.6 Å². The lowest BCUT2D eigenvalue weighted by Crippen LogP contribution is -2.52. The standard InChI is InChI=1S/C19H23N3O4/c1-12-14-6-5-13(26-10-4-2-3-9-20)11-15(14)19(25)22(12)16-7-8-17(23)21-18(16)24/h5-6,11,16H,1-4,7-10,20H2,(H,21,23,24). The number of amides is 3. The number of ether oxygens (including phenoxy) is 1. The molecule has 0 saturated carbocycles. The molecule has 7 heteroatoms. The maximum atomic E-state index is 12.8. The predicted octanol–water partition coefficient (Wildman–Crippen LogP) is 1.43. The molecule has 7 nitrogen and oxygen atoms in total. The molecule has 2 aliphatic rings. The maximum Gasteiger partial charge on any atom is 0.259 e. The minimum atomic E-state index is -0.708. The van der Waals surface area contributed by atoms with Crippen LogP contribution in [0.1, 0.15) is 48.0 Å². The van der Waals surface area contributed by atoms with Crippen LogP contribution in [0.25, 0.3) is 5.70 Å². The van der Waals surface area contributed by atoms with Crippen molar-refractivity contribution in [1.29, 1.82) is 0 Å². The van der Waals surface area contributed by atoms with E-state index in [-0.39, 0.29) is 18.2 Å². The Labute approximate surface area is 152 Å². The van der Waals surface area contributed by atoms with Gasteiger partial charge in [-0.15, -0.1) is 0 Å². The third-order valence-corrected chi connectivity index (χ3v) is 4.68. The normalized spacial score (nSPS) is 19.6. The summed E-state index contributed by atoms with van der Waals surface area (Å²) in [7, 11) is 0. The molecule has 2 heterocycles. The van der Waals surface area contributed by atoms with Crippen molar-refractivity contribution in [2.45, 2.75) is 38.1 Å². The highest BCUT2D eigenvalue weighted by atomic mass is 16.5. The monoisotopic (exact) mass is 357 g/mol. The molecule has 138 valence electrons. The molecule has 1 unspecified atom stereocenters. The summed E-state index contributed by atoms with van der Waals surface area (Å²) < 4.78 is 5.71. The van der Waals surface area contributed by atoms with Gasteiger partial charge in [-0.1, -0.05) is 6.58 Å². The van der Waals surface area contributed by atoms with Crippen molar-refractivity contribution in [3.8, 4) is 5.75 Å². The Balaban J connectivity index is 1.71. The van der Waals surface area contributed by atoms with E-state index >= 15 is 0 Å². The van der Waals surface area contributed by atoms with E-state index in [0.29, 0.717) is 42.1 Å². The molecular formula is C19H23N3O4. The summed E-state index contributed by atoms with van der Waals surface area (Å²) >= 11 is 0. The average molecular weight is 357 g/mol. The van der Waals surface area contributed by atoms with Gasteiger partial charge in [-0.05, 0) is 50.4 Å². The third-order valence-electron chi connectivity index (χ3n) is 4.68. The molecule has 0 aromatic heterocycles. The van der Waals surface area contributed by atoms with Gasteiger partial charge in [0.25, 0.3) is 5.91 Å². The largest absolute Gasteiger partial charge is 0.494 e. The van der Waals surface area contributed by atoms with E-state index < -0.39 is 11.9 Å². The average Bonchev–Trinajstić information content (AvgIpc) is 2.86. The van der Waals surface area contributed by atoms with Crippen LogP contribution in [-0.4, -0.2) is 41.8 Å². The van der Waals surface area contributed by atoms with Crippen molar-refractivity contribution in [1.82, 2.24) is 10.2 Å². The van der Waals surface area contributed by atoms with Crippen molar-refractivity contribution in [2.75, 3.05) is 13.2 Å². The fourth-order valence-corrected chi connectivity index (χ4v) is 3.30. The fourth-order valence-electron chi connectivity index (χ4n) is 3.30. The second kappa shape index (κ2) is 7.70. The van der Waals surface area contributed by atoms with E-state index in [9.17, 15) is 14.4 Å². The molecule has 1 atom stereocenters. The van der Waals surface area contributed by atoms with Crippen molar-refractivity contribution >= 4 is 23.4 Å². The van der Waals surface area contributed by atoms with E-state index in [0.717, 1.165) is 19.3 Å². The third kappa shape index (κ3) is 3.48. The Morgan fingerprint density at radius 2 is 2.00 bits per heavy atom. The molecule has 26 heavy (non-hydrogen) atoms. The van der Waals surface area contributed by atoms with Crippen LogP contribution in [-0.2, 0) is 9.59 Å². The van der Waals surface area contributed by atoms with Crippen molar-refractivity contribution in [2.24, 2.45) is 5.73 Å². The summed E-state index contributed by atoms with van der Waals surface area (Å²) in [6, 6.07) is 4.57. The molecule has 2 aliphatic heterocycles. The number of unbranched alkanes of at least 4 members (excludes halogenated alkanes) is 2. The van der Waals surface area contributed by atoms with Crippen LogP contribution in [0.5, 0.6) is 5.75 Å². The number of hydrogen-bond donors (Lipinski definition) is 2. The van der Waals surface area contributed by atoms with Gasteiger partial charge in [0.1, 0.15) is 11.8 Å². The lowest BCUT2D eigenvalue weighted by molar-refractivity contribution is -0.136. The van der Waals surface area contributed by atoms with E-state index in [1.54, 1.807) is 18.2 Å². The van der Waals surface area contributed by atoms with Gasteiger partial charge in [-0.2, -0.15) is 0 Å². The molecule has 1 aromatic rings. The van der Waals surface area contributed by atoms with E-state index in [1.165, 1.54) is 4.90 Å². The highest BCUT2D eigenvalue weighted by Crippen LogP contribution is 2.36. The topological polar surface area (TPSA) is 102 Å². The molecule has 0 spiro atoms. The number of fused-ring (bicyclic) bond motifs is 1. The number of carbonyl (C=O) groups is 3. The highest BCUT2D eigenvalue weighted by Gasteiger charge is 2.41. The van der Waals surface area contributed by atoms with Crippen LogP contribution in [0.4, 0.5) is 0 Å². The number of rotatable bonds is 7. The Morgan fingerprint density at radius 3 is 2.73 bits per heavy atom. The second-order valence-corrected chi connectivity index (χ2v) is 6.49. The number of hydrogen-bond acceptors (Lipinski definition) is 5. The van der Waals surface area contributed by atoms with E-state index in [2.05, 4.69) is 11.9 Å². The molecule has 3 N–H and O–H groups in total. The van der Waals surface area contributed by atoms with Crippen molar-refractivity contribution in [3.05, 3.63) is 35.9 Å². The summed E-state index contributed by atoms with van der Waals surface area (Å²) in [6.07, 6.45) is 3.37. The van der Waals surface area contributed by atoms with Crippen molar-refractivity contribution in [3.63, 3.8) is 0 Å². The molecule has 1 fully saturated rings. The summed E-state index contributed by atoms with van der Waals surface area (Å²) in [5.74, 6) is -0.442.